The Morgan fingerprint density at radius 2 is 1.38 bits per heavy atom. The minimum Gasteiger partial charge on any atom is -0.465 e. The molecule has 0 aliphatic heterocycles. The van der Waals surface area contributed by atoms with Crippen LogP contribution in [-0.2, 0) is 0 Å². The van der Waals surface area contributed by atoms with Crippen LogP contribution in [0.1, 0.15) is 6.92 Å². The van der Waals surface area contributed by atoms with Gasteiger partial charge in [0.2, 0.25) is 5.90 Å². The van der Waals surface area contributed by atoms with Gasteiger partial charge in [-0.1, -0.05) is 36.4 Å². The molecule has 0 amide bonds. The Bertz CT molecular complexity index is 888. The van der Waals surface area contributed by atoms with Gasteiger partial charge >= 0.3 is 0 Å². The third kappa shape index (κ3) is 5.05. The zero-order valence-corrected chi connectivity index (χ0v) is 14.3. The summed E-state index contributed by atoms with van der Waals surface area (Å²) in [6, 6.07) is 24.7. The number of benzene rings is 3. The number of halogens is 1. The number of ether oxygens (including phenoxy) is 2. The first-order valence-electron chi connectivity index (χ1n) is 8.17. The monoisotopic (exact) mass is 347 g/mol. The van der Waals surface area contributed by atoms with Crippen molar-refractivity contribution >= 4 is 11.6 Å². The summed E-state index contributed by atoms with van der Waals surface area (Å²) in [6.45, 7) is 1.84. The molecule has 0 heterocycles. The molecule has 3 rings (SSSR count). The van der Waals surface area contributed by atoms with Crippen LogP contribution < -0.4 is 9.47 Å². The van der Waals surface area contributed by atoms with E-state index in [1.54, 1.807) is 18.4 Å². The van der Waals surface area contributed by atoms with Crippen molar-refractivity contribution in [2.75, 3.05) is 0 Å². The predicted octanol–water partition coefficient (Wildman–Crippen LogP) is 5.92. The second-order valence-corrected chi connectivity index (χ2v) is 5.54. The third-order valence-corrected chi connectivity index (χ3v) is 3.47. The fourth-order valence-corrected chi connectivity index (χ4v) is 2.13. The van der Waals surface area contributed by atoms with E-state index >= 15 is 0 Å². The van der Waals surface area contributed by atoms with Gasteiger partial charge < -0.3 is 9.47 Å². The van der Waals surface area contributed by atoms with E-state index in [1.807, 2.05) is 67.6 Å². The molecule has 0 bridgehead atoms. The minimum atomic E-state index is -0.311. The van der Waals surface area contributed by atoms with Gasteiger partial charge in [-0.15, -0.1) is 0 Å². The second kappa shape index (κ2) is 8.62. The maximum absolute atomic E-state index is 13.1. The van der Waals surface area contributed by atoms with Crippen molar-refractivity contribution in [3.63, 3.8) is 0 Å². The van der Waals surface area contributed by atoms with E-state index in [4.69, 9.17) is 9.47 Å². The molecule has 4 heteroatoms. The normalized spacial score (nSPS) is 11.9. The number of para-hydroxylation sites is 2. The number of aliphatic imine (C=N–C) groups is 1. The van der Waals surface area contributed by atoms with Crippen molar-refractivity contribution in [2.24, 2.45) is 4.99 Å². The van der Waals surface area contributed by atoms with Gasteiger partial charge in [0.25, 0.3) is 0 Å². The molecule has 0 aliphatic carbocycles. The van der Waals surface area contributed by atoms with Crippen LogP contribution in [0.25, 0.3) is 0 Å². The Balaban J connectivity index is 1.87. The summed E-state index contributed by atoms with van der Waals surface area (Å²) in [5, 5.41) is 0. The topological polar surface area (TPSA) is 30.8 Å². The lowest BCUT2D eigenvalue weighted by Gasteiger charge is -2.10. The lowest BCUT2D eigenvalue weighted by Crippen LogP contribution is -2.10. The average molecular weight is 347 g/mol. The van der Waals surface area contributed by atoms with E-state index < -0.39 is 0 Å². The van der Waals surface area contributed by atoms with E-state index in [9.17, 15) is 4.39 Å². The fourth-order valence-electron chi connectivity index (χ4n) is 2.13. The summed E-state index contributed by atoms with van der Waals surface area (Å²) in [4.78, 5) is 4.49. The van der Waals surface area contributed by atoms with Gasteiger partial charge in [0.1, 0.15) is 17.3 Å². The maximum atomic E-state index is 13.1. The Kier molecular flexibility index (Phi) is 5.78. The van der Waals surface area contributed by atoms with Crippen molar-refractivity contribution in [3.8, 4) is 11.5 Å². The van der Waals surface area contributed by atoms with Crippen molar-refractivity contribution < 1.29 is 13.9 Å². The summed E-state index contributed by atoms with van der Waals surface area (Å²) in [5.41, 5.74) is 1.28. The summed E-state index contributed by atoms with van der Waals surface area (Å²) < 4.78 is 24.7. The smallest absolute Gasteiger partial charge is 0.225 e. The molecule has 0 aliphatic rings. The largest absolute Gasteiger partial charge is 0.465 e. The van der Waals surface area contributed by atoms with E-state index in [0.717, 1.165) is 0 Å². The zero-order chi connectivity index (χ0) is 18.2. The highest BCUT2D eigenvalue weighted by Gasteiger charge is 2.08. The van der Waals surface area contributed by atoms with E-state index in [2.05, 4.69) is 4.99 Å². The molecular formula is C22H18FNO2. The Hall–Kier alpha value is -3.40. The highest BCUT2D eigenvalue weighted by Crippen LogP contribution is 2.18. The van der Waals surface area contributed by atoms with E-state index in [0.29, 0.717) is 28.7 Å². The average Bonchev–Trinajstić information content (AvgIpc) is 2.69. The first kappa shape index (κ1) is 17.4. The minimum absolute atomic E-state index is 0.311. The van der Waals surface area contributed by atoms with Gasteiger partial charge in [0.05, 0.1) is 11.9 Å². The zero-order valence-electron chi connectivity index (χ0n) is 14.3. The van der Waals surface area contributed by atoms with Crippen LogP contribution in [0.2, 0.25) is 0 Å². The molecule has 26 heavy (non-hydrogen) atoms. The van der Waals surface area contributed by atoms with Crippen LogP contribution in [-0.4, -0.2) is 5.90 Å². The summed E-state index contributed by atoms with van der Waals surface area (Å²) in [6.07, 6.45) is 1.58. The second-order valence-electron chi connectivity index (χ2n) is 5.54. The molecular weight excluding hydrogens is 329 g/mol. The van der Waals surface area contributed by atoms with Crippen molar-refractivity contribution in [3.05, 3.63) is 103 Å². The SMILES string of the molecule is C/C(=C\Oc1ccccc1)C(=Nc1ccc(F)cc1)Oc1ccccc1. The van der Waals surface area contributed by atoms with E-state index in [-0.39, 0.29) is 5.82 Å². The van der Waals surface area contributed by atoms with Gasteiger partial charge in [-0.2, -0.15) is 0 Å². The van der Waals surface area contributed by atoms with Crippen LogP contribution in [0.5, 0.6) is 11.5 Å². The molecule has 0 fully saturated rings. The standard InChI is InChI=1S/C22H18FNO2/c1-17(16-25-20-8-4-2-5-9-20)22(26-21-10-6-3-7-11-21)24-19-14-12-18(23)13-15-19/h2-16H,1H3/b17-16+,24-22?. The maximum Gasteiger partial charge on any atom is 0.225 e. The molecule has 130 valence electrons. The van der Waals surface area contributed by atoms with Crippen LogP contribution in [0.3, 0.4) is 0 Å². The van der Waals surface area contributed by atoms with Crippen molar-refractivity contribution in [2.45, 2.75) is 6.92 Å². The highest BCUT2D eigenvalue weighted by molar-refractivity contribution is 5.96. The Morgan fingerprint density at radius 1 is 0.808 bits per heavy atom. The van der Waals surface area contributed by atoms with E-state index in [1.165, 1.54) is 12.1 Å². The van der Waals surface area contributed by atoms with Crippen molar-refractivity contribution in [1.29, 1.82) is 0 Å². The first-order valence-corrected chi connectivity index (χ1v) is 8.17. The molecule has 0 saturated carbocycles. The molecule has 3 nitrogen and oxygen atoms in total. The molecule has 3 aromatic rings. The molecule has 0 radical (unpaired) electrons. The number of hydrogen-bond acceptors (Lipinski definition) is 3. The van der Waals surface area contributed by atoms with Gasteiger partial charge in [-0.05, 0) is 55.5 Å². The molecule has 3 aromatic carbocycles. The quantitative estimate of drug-likeness (QED) is 0.326. The molecule has 0 unspecified atom stereocenters. The van der Waals surface area contributed by atoms with Crippen LogP contribution in [0.15, 0.2) is 102 Å². The Morgan fingerprint density at radius 3 is 2.00 bits per heavy atom. The Labute approximate surface area is 152 Å². The lowest BCUT2D eigenvalue weighted by molar-refractivity contribution is 0.473. The van der Waals surface area contributed by atoms with Gasteiger partial charge in [0, 0.05) is 5.57 Å². The van der Waals surface area contributed by atoms with Crippen LogP contribution in [0.4, 0.5) is 10.1 Å². The highest BCUT2D eigenvalue weighted by atomic mass is 19.1. The van der Waals surface area contributed by atoms with Gasteiger partial charge in [-0.25, -0.2) is 9.38 Å². The number of nitrogens with zero attached hydrogens (tertiary/aromatic N) is 1. The van der Waals surface area contributed by atoms with Crippen LogP contribution >= 0.6 is 0 Å². The molecule has 0 N–H and O–H groups in total. The lowest BCUT2D eigenvalue weighted by atomic mass is 10.3. The first-order chi connectivity index (χ1) is 12.7. The van der Waals surface area contributed by atoms with Gasteiger partial charge in [-0.3, -0.25) is 0 Å². The predicted molar refractivity (Wildman–Crippen MR) is 101 cm³/mol. The molecule has 0 aromatic heterocycles. The molecule has 0 spiro atoms. The third-order valence-electron chi connectivity index (χ3n) is 3.47. The summed E-state index contributed by atoms with van der Waals surface area (Å²) >= 11 is 0. The summed E-state index contributed by atoms with van der Waals surface area (Å²) in [5.74, 6) is 1.43. The molecule has 0 saturated heterocycles. The van der Waals surface area contributed by atoms with Gasteiger partial charge in [0.15, 0.2) is 0 Å². The van der Waals surface area contributed by atoms with Crippen LogP contribution in [0, 0.1) is 5.82 Å². The number of rotatable bonds is 5. The molecule has 0 atom stereocenters. The fraction of sp³-hybridized carbons (Fsp3) is 0.0455. The number of hydrogen-bond donors (Lipinski definition) is 0. The summed E-state index contributed by atoms with van der Waals surface area (Å²) in [7, 11) is 0. The van der Waals surface area contributed by atoms with Crippen molar-refractivity contribution in [1.82, 2.24) is 0 Å².